The highest BCUT2D eigenvalue weighted by Gasteiger charge is 2.50. The molecule has 2 fully saturated rings. The van der Waals surface area contributed by atoms with Crippen LogP contribution in [0, 0.1) is 17.9 Å². The Balaban J connectivity index is 1.93. The molecule has 0 bridgehead atoms. The second-order valence-electron chi connectivity index (χ2n) is 6.64. The number of likely N-dealkylation sites (tertiary alicyclic amines) is 1. The summed E-state index contributed by atoms with van der Waals surface area (Å²) in [6, 6.07) is 0. The molecule has 0 aromatic heterocycles. The van der Waals surface area contributed by atoms with Crippen LogP contribution in [0.1, 0.15) is 46.5 Å². The van der Waals surface area contributed by atoms with E-state index in [0.717, 1.165) is 31.8 Å². The molecule has 0 N–H and O–H groups in total. The number of piperidine rings is 1. The second-order valence-corrected chi connectivity index (χ2v) is 6.64. The fourth-order valence-corrected chi connectivity index (χ4v) is 2.80. The third-order valence-electron chi connectivity index (χ3n) is 4.51. The van der Waals surface area contributed by atoms with Gasteiger partial charge in [0.05, 0.1) is 0 Å². The van der Waals surface area contributed by atoms with Gasteiger partial charge < -0.3 is 9.74 Å². The van der Waals surface area contributed by atoms with Crippen molar-refractivity contribution in [2.45, 2.75) is 52.0 Å². The molecule has 2 nitrogen and oxygen atoms in total. The van der Waals surface area contributed by atoms with Gasteiger partial charge in [-0.25, -0.2) is 6.57 Å². The molecule has 0 amide bonds. The molecule has 0 unspecified atom stereocenters. The first-order valence-electron chi connectivity index (χ1n) is 6.58. The van der Waals surface area contributed by atoms with E-state index in [1.165, 1.54) is 19.4 Å². The first kappa shape index (κ1) is 11.9. The van der Waals surface area contributed by atoms with Gasteiger partial charge in [-0.2, -0.15) is 0 Å². The van der Waals surface area contributed by atoms with Crippen LogP contribution in [0.2, 0.25) is 0 Å². The average molecular weight is 220 g/mol. The monoisotopic (exact) mass is 220 g/mol. The first-order valence-corrected chi connectivity index (χ1v) is 6.58. The van der Waals surface area contributed by atoms with Crippen LogP contribution in [-0.4, -0.2) is 30.1 Å². The van der Waals surface area contributed by atoms with E-state index >= 15 is 0 Å². The zero-order valence-electron chi connectivity index (χ0n) is 10.9. The third kappa shape index (κ3) is 2.25. The van der Waals surface area contributed by atoms with Gasteiger partial charge in [-0.3, -0.25) is 0 Å². The second kappa shape index (κ2) is 4.04. The van der Waals surface area contributed by atoms with Crippen LogP contribution in [-0.2, 0) is 0 Å². The van der Waals surface area contributed by atoms with Crippen molar-refractivity contribution in [3.05, 3.63) is 11.4 Å². The molecule has 1 heterocycles. The van der Waals surface area contributed by atoms with Gasteiger partial charge in [-0.1, -0.05) is 20.8 Å². The number of hydrogen-bond acceptors (Lipinski definition) is 1. The van der Waals surface area contributed by atoms with Crippen molar-refractivity contribution in [3.63, 3.8) is 0 Å². The molecular formula is C14H24N2. The van der Waals surface area contributed by atoms with E-state index in [9.17, 15) is 0 Å². The van der Waals surface area contributed by atoms with Crippen LogP contribution in [0.4, 0.5) is 0 Å². The van der Waals surface area contributed by atoms with Crippen LogP contribution in [0.25, 0.3) is 4.85 Å². The Morgan fingerprint density at radius 2 is 1.81 bits per heavy atom. The van der Waals surface area contributed by atoms with Crippen molar-refractivity contribution in [2.75, 3.05) is 19.6 Å². The predicted molar refractivity (Wildman–Crippen MR) is 67.2 cm³/mol. The zero-order valence-corrected chi connectivity index (χ0v) is 10.9. The maximum atomic E-state index is 7.53. The molecule has 2 rings (SSSR count). The lowest BCUT2D eigenvalue weighted by atomic mass is 9.68. The van der Waals surface area contributed by atoms with E-state index in [1.54, 1.807) is 0 Å². The number of hydrogen-bond donors (Lipinski definition) is 0. The Morgan fingerprint density at radius 1 is 1.25 bits per heavy atom. The first-order chi connectivity index (χ1) is 7.47. The van der Waals surface area contributed by atoms with Crippen molar-refractivity contribution in [2.24, 2.45) is 11.3 Å². The number of nitrogens with zero attached hydrogens (tertiary/aromatic N) is 2. The SMILES string of the molecule is [C-]#[N+]C1(C(C)(C)C)CCN(CC2CC2)CC1. The fraction of sp³-hybridized carbons (Fsp3) is 0.929. The lowest BCUT2D eigenvalue weighted by Gasteiger charge is -2.41. The molecule has 16 heavy (non-hydrogen) atoms. The Bertz CT molecular complexity index is 283. The summed E-state index contributed by atoms with van der Waals surface area (Å²) >= 11 is 0. The molecule has 2 aliphatic rings. The van der Waals surface area contributed by atoms with Gasteiger partial charge >= 0.3 is 0 Å². The van der Waals surface area contributed by atoms with Crippen molar-refractivity contribution in [1.82, 2.24) is 4.90 Å². The summed E-state index contributed by atoms with van der Waals surface area (Å²) in [5.74, 6) is 0.982. The summed E-state index contributed by atoms with van der Waals surface area (Å²) in [5, 5.41) is 0. The summed E-state index contributed by atoms with van der Waals surface area (Å²) < 4.78 is 0. The number of rotatable bonds is 2. The highest BCUT2D eigenvalue weighted by atomic mass is 15.1. The molecule has 1 saturated carbocycles. The minimum atomic E-state index is -0.104. The summed E-state index contributed by atoms with van der Waals surface area (Å²) in [7, 11) is 0. The summed E-state index contributed by atoms with van der Waals surface area (Å²) in [6.07, 6.45) is 4.99. The quantitative estimate of drug-likeness (QED) is 0.648. The maximum absolute atomic E-state index is 7.53. The standard InChI is InChI=1S/C14H24N2/c1-13(2,3)14(15-4)7-9-16(10-8-14)11-12-5-6-12/h12H,5-11H2,1-3H3. The third-order valence-corrected chi connectivity index (χ3v) is 4.51. The normalized spacial score (nSPS) is 26.4. The molecule has 2 heteroatoms. The van der Waals surface area contributed by atoms with E-state index in [2.05, 4.69) is 30.5 Å². The van der Waals surface area contributed by atoms with Crippen molar-refractivity contribution < 1.29 is 0 Å². The summed E-state index contributed by atoms with van der Waals surface area (Å²) in [6.45, 7) is 17.8. The van der Waals surface area contributed by atoms with Gasteiger partial charge in [0.25, 0.3) is 0 Å². The van der Waals surface area contributed by atoms with Crippen LogP contribution < -0.4 is 0 Å². The van der Waals surface area contributed by atoms with Crippen LogP contribution >= 0.6 is 0 Å². The van der Waals surface area contributed by atoms with E-state index in [4.69, 9.17) is 6.57 Å². The molecule has 0 atom stereocenters. The summed E-state index contributed by atoms with van der Waals surface area (Å²) in [5.41, 5.74) is 0.0213. The van der Waals surface area contributed by atoms with Gasteiger partial charge in [0.15, 0.2) is 0 Å². The fourth-order valence-electron chi connectivity index (χ4n) is 2.80. The van der Waals surface area contributed by atoms with Gasteiger partial charge in [-0.05, 0) is 18.8 Å². The van der Waals surface area contributed by atoms with E-state index < -0.39 is 0 Å². The van der Waals surface area contributed by atoms with Crippen molar-refractivity contribution in [3.8, 4) is 0 Å². The highest BCUT2D eigenvalue weighted by Crippen LogP contribution is 2.43. The van der Waals surface area contributed by atoms with E-state index in [1.807, 2.05) is 0 Å². The average Bonchev–Trinajstić information content (AvgIpc) is 3.01. The highest BCUT2D eigenvalue weighted by molar-refractivity contribution is 5.09. The molecule has 1 saturated heterocycles. The molecule has 1 aliphatic heterocycles. The molecular weight excluding hydrogens is 196 g/mol. The molecule has 90 valence electrons. The topological polar surface area (TPSA) is 7.60 Å². The predicted octanol–water partition coefficient (Wildman–Crippen LogP) is 3.20. The zero-order chi connectivity index (χ0) is 11.8. The van der Waals surface area contributed by atoms with Gasteiger partial charge in [0, 0.05) is 37.9 Å². The lowest BCUT2D eigenvalue weighted by molar-refractivity contribution is 0.106. The van der Waals surface area contributed by atoms with Gasteiger partial charge in [0.2, 0.25) is 5.54 Å². The molecule has 0 aromatic carbocycles. The Hall–Kier alpha value is -0.550. The smallest absolute Gasteiger partial charge is 0.239 e. The lowest BCUT2D eigenvalue weighted by Crippen LogP contribution is -2.50. The van der Waals surface area contributed by atoms with Crippen LogP contribution in [0.3, 0.4) is 0 Å². The van der Waals surface area contributed by atoms with E-state index in [0.29, 0.717) is 0 Å². The Kier molecular flexibility index (Phi) is 3.01. The molecule has 0 spiro atoms. The van der Waals surface area contributed by atoms with Crippen LogP contribution in [0.5, 0.6) is 0 Å². The Labute approximate surface area is 99.8 Å². The molecule has 1 aliphatic carbocycles. The van der Waals surface area contributed by atoms with Gasteiger partial charge in [-0.15, -0.1) is 0 Å². The van der Waals surface area contributed by atoms with Crippen LogP contribution in [0.15, 0.2) is 0 Å². The minimum Gasteiger partial charge on any atom is -0.310 e. The summed E-state index contributed by atoms with van der Waals surface area (Å²) in [4.78, 5) is 6.58. The van der Waals surface area contributed by atoms with E-state index in [-0.39, 0.29) is 11.0 Å². The largest absolute Gasteiger partial charge is 0.310 e. The Morgan fingerprint density at radius 3 is 2.19 bits per heavy atom. The van der Waals surface area contributed by atoms with Gasteiger partial charge in [0.1, 0.15) is 0 Å². The van der Waals surface area contributed by atoms with Crippen molar-refractivity contribution in [1.29, 1.82) is 0 Å². The minimum absolute atomic E-state index is 0.104. The molecule has 0 radical (unpaired) electrons. The maximum Gasteiger partial charge on any atom is 0.239 e. The molecule has 0 aromatic rings. The van der Waals surface area contributed by atoms with Crippen molar-refractivity contribution >= 4 is 0 Å².